The second-order valence-corrected chi connectivity index (χ2v) is 8.34. The number of imide groups is 1. The van der Waals surface area contributed by atoms with Crippen molar-refractivity contribution in [2.24, 2.45) is 11.8 Å². The number of aliphatic hydroxyl groups excluding tert-OH is 1. The van der Waals surface area contributed by atoms with Gasteiger partial charge in [-0.05, 0) is 25.8 Å². The highest BCUT2D eigenvalue weighted by molar-refractivity contribution is 6.14. The van der Waals surface area contributed by atoms with Crippen molar-refractivity contribution < 1.29 is 24.8 Å². The number of benzene rings is 1. The third-order valence-corrected chi connectivity index (χ3v) is 6.99. The molecule has 1 saturated carbocycles. The predicted octanol–water partition coefficient (Wildman–Crippen LogP) is -0.296. The van der Waals surface area contributed by atoms with Gasteiger partial charge in [0, 0.05) is 11.6 Å². The van der Waals surface area contributed by atoms with Crippen molar-refractivity contribution in [1.82, 2.24) is 4.90 Å². The highest BCUT2D eigenvalue weighted by Crippen LogP contribution is 2.50. The van der Waals surface area contributed by atoms with E-state index in [0.29, 0.717) is 5.69 Å². The maximum atomic E-state index is 13.5. The summed E-state index contributed by atoms with van der Waals surface area (Å²) in [5, 5.41) is 15.0. The molecule has 142 valence electrons. The van der Waals surface area contributed by atoms with Crippen molar-refractivity contribution in [1.29, 1.82) is 0 Å². The number of hydrogen-bond donors (Lipinski definition) is 3. The second-order valence-electron chi connectivity index (χ2n) is 8.34. The van der Waals surface area contributed by atoms with E-state index in [1.807, 2.05) is 24.3 Å². The monoisotopic (exact) mass is 370 g/mol. The number of carbonyl (C=O) groups is 3. The summed E-state index contributed by atoms with van der Waals surface area (Å²) in [5.41, 5.74) is 0.245. The van der Waals surface area contributed by atoms with Crippen molar-refractivity contribution in [2.45, 2.75) is 56.3 Å². The molecule has 0 aromatic heterocycles. The number of anilines is 1. The van der Waals surface area contributed by atoms with Crippen LogP contribution in [0.5, 0.6) is 0 Å². The van der Waals surface area contributed by atoms with Crippen LogP contribution in [0.25, 0.3) is 0 Å². The first-order valence-corrected chi connectivity index (χ1v) is 9.79. The van der Waals surface area contributed by atoms with E-state index in [1.165, 1.54) is 4.90 Å². The SMILES string of the molecule is C[C@@H](O)[C@@H]1[NH2+][C@@]2(C(=O)Nc3ccccc32)[C@H]2C(=O)N(C3CCCC3)C(=O)[C@H]12. The van der Waals surface area contributed by atoms with Crippen LogP contribution in [0.1, 0.15) is 38.2 Å². The van der Waals surface area contributed by atoms with Gasteiger partial charge in [-0.25, -0.2) is 0 Å². The summed E-state index contributed by atoms with van der Waals surface area (Å²) in [5.74, 6) is -2.17. The molecule has 4 N–H and O–H groups in total. The minimum Gasteiger partial charge on any atom is -0.387 e. The summed E-state index contributed by atoms with van der Waals surface area (Å²) in [4.78, 5) is 41.4. The number of likely N-dealkylation sites (tertiary alicyclic amines) is 1. The topological polar surface area (TPSA) is 103 Å². The van der Waals surface area contributed by atoms with Gasteiger partial charge in [0.25, 0.3) is 5.91 Å². The van der Waals surface area contributed by atoms with Crippen LogP contribution in [-0.2, 0) is 19.9 Å². The zero-order chi connectivity index (χ0) is 18.9. The molecule has 1 spiro atoms. The zero-order valence-corrected chi connectivity index (χ0v) is 15.2. The van der Waals surface area contributed by atoms with Crippen LogP contribution >= 0.6 is 0 Å². The van der Waals surface area contributed by atoms with Crippen molar-refractivity contribution >= 4 is 23.4 Å². The summed E-state index contributed by atoms with van der Waals surface area (Å²) in [6.45, 7) is 1.63. The second kappa shape index (κ2) is 5.62. The Balaban J connectivity index is 1.66. The van der Waals surface area contributed by atoms with Crippen molar-refractivity contribution in [3.05, 3.63) is 29.8 Å². The number of quaternary nitrogens is 1. The van der Waals surface area contributed by atoms with Gasteiger partial charge < -0.3 is 15.7 Å². The van der Waals surface area contributed by atoms with E-state index in [2.05, 4.69) is 5.32 Å². The molecule has 3 amide bonds. The van der Waals surface area contributed by atoms with Crippen LogP contribution in [0.2, 0.25) is 0 Å². The number of hydrogen-bond acceptors (Lipinski definition) is 4. The maximum absolute atomic E-state index is 13.5. The van der Waals surface area contributed by atoms with Gasteiger partial charge in [-0.3, -0.25) is 19.3 Å². The Morgan fingerprint density at radius 3 is 2.59 bits per heavy atom. The van der Waals surface area contributed by atoms with Crippen LogP contribution in [0.15, 0.2) is 24.3 Å². The average molecular weight is 370 g/mol. The van der Waals surface area contributed by atoms with Crippen LogP contribution in [0, 0.1) is 11.8 Å². The molecule has 5 rings (SSSR count). The number of fused-ring (bicyclic) bond motifs is 4. The lowest BCUT2D eigenvalue weighted by atomic mass is 9.76. The fraction of sp³-hybridized carbons (Fsp3) is 0.550. The molecule has 0 unspecified atom stereocenters. The molecule has 2 saturated heterocycles. The van der Waals surface area contributed by atoms with Crippen LogP contribution in [0.4, 0.5) is 5.69 Å². The highest BCUT2D eigenvalue weighted by atomic mass is 16.3. The molecule has 7 heteroatoms. The quantitative estimate of drug-likeness (QED) is 0.622. The molecule has 1 aliphatic carbocycles. The van der Waals surface area contributed by atoms with Crippen LogP contribution < -0.4 is 10.6 Å². The zero-order valence-electron chi connectivity index (χ0n) is 15.2. The third kappa shape index (κ3) is 2.01. The standard InChI is InChI=1S/C20H23N3O4/c1-10(24)16-14-15(18(26)23(17(14)25)11-6-2-3-7-11)20(22-16)12-8-4-5-9-13(12)21-19(20)27/h4-5,8-11,14-16,22,24H,2-3,6-7H2,1H3,(H,21,27)/p+1/t10-,14+,15-,16+,20-/m1/s1. The molecule has 7 nitrogen and oxygen atoms in total. The van der Waals surface area contributed by atoms with Gasteiger partial charge in [-0.15, -0.1) is 0 Å². The van der Waals surface area contributed by atoms with Crippen LogP contribution in [-0.4, -0.2) is 45.9 Å². The van der Waals surface area contributed by atoms with Crippen LogP contribution in [0.3, 0.4) is 0 Å². The lowest BCUT2D eigenvalue weighted by molar-refractivity contribution is -0.738. The van der Waals surface area contributed by atoms with Gasteiger partial charge in [0.05, 0.1) is 5.69 Å². The number of nitrogens with one attached hydrogen (secondary N) is 1. The van der Waals surface area contributed by atoms with Gasteiger partial charge in [0.15, 0.2) is 0 Å². The van der Waals surface area contributed by atoms with Crippen molar-refractivity contribution in [3.63, 3.8) is 0 Å². The molecule has 27 heavy (non-hydrogen) atoms. The minimum absolute atomic E-state index is 0.0676. The first-order chi connectivity index (χ1) is 13.0. The molecule has 5 atom stereocenters. The molecule has 3 fully saturated rings. The van der Waals surface area contributed by atoms with Gasteiger partial charge >= 0.3 is 0 Å². The fourth-order valence-corrected chi connectivity index (χ4v) is 5.83. The largest absolute Gasteiger partial charge is 0.387 e. The Morgan fingerprint density at radius 2 is 1.89 bits per heavy atom. The molecule has 1 aromatic carbocycles. The Morgan fingerprint density at radius 1 is 1.19 bits per heavy atom. The van der Waals surface area contributed by atoms with E-state index in [0.717, 1.165) is 31.2 Å². The van der Waals surface area contributed by atoms with Gasteiger partial charge in [-0.2, -0.15) is 0 Å². The normalized spacial score (nSPS) is 36.4. The summed E-state index contributed by atoms with van der Waals surface area (Å²) >= 11 is 0. The Labute approximate surface area is 157 Å². The number of rotatable bonds is 2. The molecule has 0 radical (unpaired) electrons. The summed E-state index contributed by atoms with van der Waals surface area (Å²) < 4.78 is 0. The summed E-state index contributed by atoms with van der Waals surface area (Å²) in [6, 6.07) is 6.76. The third-order valence-electron chi connectivity index (χ3n) is 6.99. The number of aliphatic hydroxyl groups is 1. The first-order valence-electron chi connectivity index (χ1n) is 9.79. The molecule has 1 aromatic rings. The van der Waals surface area contributed by atoms with E-state index < -0.39 is 29.5 Å². The minimum atomic E-state index is -1.18. The Kier molecular flexibility index (Phi) is 3.52. The maximum Gasteiger partial charge on any atom is 0.291 e. The Hall–Kier alpha value is -2.25. The number of nitrogens with two attached hydrogens (primary N) is 1. The molecule has 3 aliphatic heterocycles. The van der Waals surface area contributed by atoms with E-state index >= 15 is 0 Å². The van der Waals surface area contributed by atoms with Gasteiger partial charge in [0.1, 0.15) is 24.0 Å². The number of nitrogens with zero attached hydrogens (tertiary/aromatic N) is 1. The molecule has 0 bridgehead atoms. The van der Waals surface area contributed by atoms with E-state index in [4.69, 9.17) is 0 Å². The number of carbonyl (C=O) groups excluding carboxylic acids is 3. The van der Waals surface area contributed by atoms with E-state index in [1.54, 1.807) is 12.2 Å². The molecular weight excluding hydrogens is 346 g/mol. The summed E-state index contributed by atoms with van der Waals surface area (Å²) in [7, 11) is 0. The lowest BCUT2D eigenvalue weighted by Crippen LogP contribution is -3.00. The first kappa shape index (κ1) is 16.9. The molecular formula is C20H24N3O4+. The smallest absolute Gasteiger partial charge is 0.291 e. The molecule has 4 aliphatic rings. The lowest BCUT2D eigenvalue weighted by Gasteiger charge is -2.29. The van der Waals surface area contributed by atoms with E-state index in [-0.39, 0.29) is 23.8 Å². The number of para-hydroxylation sites is 1. The Bertz CT molecular complexity index is 847. The highest BCUT2D eigenvalue weighted by Gasteiger charge is 2.75. The van der Waals surface area contributed by atoms with Gasteiger partial charge in [-0.1, -0.05) is 31.0 Å². The number of amides is 3. The van der Waals surface area contributed by atoms with Crippen molar-refractivity contribution in [3.8, 4) is 0 Å². The average Bonchev–Trinajstić information content (AvgIpc) is 3.37. The summed E-state index contributed by atoms with van der Waals surface area (Å²) in [6.07, 6.45) is 2.87. The van der Waals surface area contributed by atoms with E-state index in [9.17, 15) is 19.5 Å². The van der Waals surface area contributed by atoms with Crippen molar-refractivity contribution in [2.75, 3.05) is 5.32 Å². The fourth-order valence-electron chi connectivity index (χ4n) is 5.83. The predicted molar refractivity (Wildman–Crippen MR) is 95.2 cm³/mol. The molecule has 3 heterocycles. The van der Waals surface area contributed by atoms with Gasteiger partial charge in [0.2, 0.25) is 17.4 Å².